The Hall–Kier alpha value is -3.63. The van der Waals surface area contributed by atoms with Gasteiger partial charge >= 0.3 is 5.76 Å². The Balaban J connectivity index is 1.68. The van der Waals surface area contributed by atoms with Gasteiger partial charge in [-0.05, 0) is 35.2 Å². The van der Waals surface area contributed by atoms with Gasteiger partial charge in [-0.3, -0.25) is 9.36 Å². The molecule has 3 rings (SSSR count). The summed E-state index contributed by atoms with van der Waals surface area (Å²) >= 11 is 0. The lowest BCUT2D eigenvalue weighted by atomic mass is 10.0. The number of nitriles is 1. The molecule has 30 heavy (non-hydrogen) atoms. The predicted octanol–water partition coefficient (Wildman–Crippen LogP) is 2.64. The molecule has 3 aromatic rings. The van der Waals surface area contributed by atoms with E-state index >= 15 is 0 Å². The number of carbonyl (C=O) groups is 1. The molecule has 2 atom stereocenters. The van der Waals surface area contributed by atoms with Gasteiger partial charge < -0.3 is 15.5 Å². The molecule has 0 bridgehead atoms. The molecule has 0 aliphatic heterocycles. The first-order chi connectivity index (χ1) is 14.4. The van der Waals surface area contributed by atoms with Crippen LogP contribution in [0.5, 0.6) is 0 Å². The highest BCUT2D eigenvalue weighted by atomic mass is 16.4. The normalized spacial score (nSPS) is 12.8. The summed E-state index contributed by atoms with van der Waals surface area (Å²) in [7, 11) is 1.67. The molecule has 0 spiro atoms. The maximum absolute atomic E-state index is 12.1. The third kappa shape index (κ3) is 4.85. The summed E-state index contributed by atoms with van der Waals surface area (Å²) in [6.45, 7) is 3.61. The summed E-state index contributed by atoms with van der Waals surface area (Å²) in [5.41, 5.74) is 9.96. The Bertz CT molecular complexity index is 1150. The molecule has 1 amide bonds. The van der Waals surface area contributed by atoms with Crippen LogP contribution in [0, 0.1) is 11.3 Å². The smallest absolute Gasteiger partial charge is 0.408 e. The third-order valence-electron chi connectivity index (χ3n) is 4.93. The van der Waals surface area contributed by atoms with Gasteiger partial charge in [-0.15, -0.1) is 6.58 Å². The van der Waals surface area contributed by atoms with Crippen molar-refractivity contribution in [3.63, 3.8) is 0 Å². The summed E-state index contributed by atoms with van der Waals surface area (Å²) < 4.78 is 6.63. The van der Waals surface area contributed by atoms with Crippen molar-refractivity contribution in [1.29, 1.82) is 5.26 Å². The highest BCUT2D eigenvalue weighted by Gasteiger charge is 2.15. The molecule has 1 heterocycles. The van der Waals surface area contributed by atoms with Crippen LogP contribution >= 0.6 is 0 Å². The van der Waals surface area contributed by atoms with Crippen LogP contribution in [0.15, 0.2) is 64.3 Å². The van der Waals surface area contributed by atoms with Crippen molar-refractivity contribution < 1.29 is 9.21 Å². The van der Waals surface area contributed by atoms with Crippen LogP contribution in [0.2, 0.25) is 0 Å². The first-order valence-electron chi connectivity index (χ1n) is 9.65. The van der Waals surface area contributed by atoms with E-state index in [1.165, 1.54) is 4.57 Å². The number of aryl methyl sites for hydroxylation is 1. The van der Waals surface area contributed by atoms with E-state index in [0.717, 1.165) is 22.2 Å². The Morgan fingerprint density at radius 2 is 2.00 bits per heavy atom. The average Bonchev–Trinajstić information content (AvgIpc) is 3.01. The van der Waals surface area contributed by atoms with E-state index in [4.69, 9.17) is 10.2 Å². The monoisotopic (exact) mass is 404 g/mol. The first kappa shape index (κ1) is 21.1. The van der Waals surface area contributed by atoms with Gasteiger partial charge in [0.05, 0.1) is 11.6 Å². The zero-order chi connectivity index (χ0) is 21.7. The number of nitrogens with zero attached hydrogens (tertiary/aromatic N) is 2. The van der Waals surface area contributed by atoms with Gasteiger partial charge in [-0.2, -0.15) is 5.26 Å². The largest absolute Gasteiger partial charge is 0.419 e. The molecule has 0 unspecified atom stereocenters. The van der Waals surface area contributed by atoms with Crippen molar-refractivity contribution in [2.45, 2.75) is 31.3 Å². The minimum Gasteiger partial charge on any atom is -0.408 e. The molecule has 0 aliphatic rings. The SMILES string of the molecule is C=CC[C@@H](N)CC(=O)N[C@H](C#N)Cc1ccc(-c2ccc3oc(=O)n(C)c3c2)cc1. The van der Waals surface area contributed by atoms with Crippen molar-refractivity contribution in [3.05, 3.63) is 71.2 Å². The lowest BCUT2D eigenvalue weighted by Gasteiger charge is -2.14. The van der Waals surface area contributed by atoms with E-state index in [-0.39, 0.29) is 18.4 Å². The summed E-state index contributed by atoms with van der Waals surface area (Å²) in [5, 5.41) is 12.1. The minimum atomic E-state index is -0.629. The van der Waals surface area contributed by atoms with Gasteiger partial charge in [0.15, 0.2) is 5.58 Å². The average molecular weight is 404 g/mol. The number of benzene rings is 2. The highest BCUT2D eigenvalue weighted by molar-refractivity contribution is 5.80. The van der Waals surface area contributed by atoms with Gasteiger partial charge in [0.25, 0.3) is 0 Å². The number of hydrogen-bond donors (Lipinski definition) is 2. The number of rotatable bonds is 8. The number of oxazole rings is 1. The molecule has 7 nitrogen and oxygen atoms in total. The lowest BCUT2D eigenvalue weighted by molar-refractivity contribution is -0.121. The van der Waals surface area contributed by atoms with Crippen LogP contribution in [0.1, 0.15) is 18.4 Å². The van der Waals surface area contributed by atoms with Crippen molar-refractivity contribution in [2.75, 3.05) is 0 Å². The fourth-order valence-electron chi connectivity index (χ4n) is 3.29. The van der Waals surface area contributed by atoms with Gasteiger partial charge in [0.2, 0.25) is 5.91 Å². The second-order valence-corrected chi connectivity index (χ2v) is 7.25. The van der Waals surface area contributed by atoms with Crippen molar-refractivity contribution in [2.24, 2.45) is 12.8 Å². The Kier molecular flexibility index (Phi) is 6.50. The summed E-state index contributed by atoms with van der Waals surface area (Å²) in [4.78, 5) is 23.7. The van der Waals surface area contributed by atoms with Crippen LogP contribution in [0.4, 0.5) is 0 Å². The summed E-state index contributed by atoms with van der Waals surface area (Å²) in [6, 6.07) is 14.5. The van der Waals surface area contributed by atoms with E-state index in [1.54, 1.807) is 19.2 Å². The molecule has 0 saturated carbocycles. The van der Waals surface area contributed by atoms with E-state index in [0.29, 0.717) is 18.4 Å². The topological polar surface area (TPSA) is 114 Å². The molecular formula is C23H24N4O3. The molecule has 0 saturated heterocycles. The van der Waals surface area contributed by atoms with Crippen molar-refractivity contribution in [1.82, 2.24) is 9.88 Å². The van der Waals surface area contributed by atoms with Gasteiger partial charge in [-0.25, -0.2) is 4.79 Å². The van der Waals surface area contributed by atoms with Crippen molar-refractivity contribution >= 4 is 17.0 Å². The number of aromatic nitrogens is 1. The first-order valence-corrected chi connectivity index (χ1v) is 9.65. The van der Waals surface area contributed by atoms with Crippen LogP contribution in [-0.2, 0) is 18.3 Å². The predicted molar refractivity (Wildman–Crippen MR) is 116 cm³/mol. The standard InChI is InChI=1S/C23H24N4O3/c1-3-4-18(25)13-22(28)26-19(14-24)11-15-5-7-16(8-6-15)17-9-10-21-20(12-17)27(2)23(29)30-21/h3,5-10,12,18-19H,1,4,11,13,25H2,2H3,(H,26,28)/t18-,19+/m1/s1. The molecule has 0 radical (unpaired) electrons. The molecule has 3 N–H and O–H groups in total. The number of fused-ring (bicyclic) bond motifs is 1. The molecule has 2 aromatic carbocycles. The number of nitrogens with one attached hydrogen (secondary N) is 1. The maximum Gasteiger partial charge on any atom is 0.419 e. The van der Waals surface area contributed by atoms with Crippen molar-refractivity contribution in [3.8, 4) is 17.2 Å². The number of amides is 1. The molecule has 154 valence electrons. The zero-order valence-corrected chi connectivity index (χ0v) is 16.8. The maximum atomic E-state index is 12.1. The molecule has 0 fully saturated rings. The Labute approximate surface area is 174 Å². The Morgan fingerprint density at radius 3 is 2.67 bits per heavy atom. The fourth-order valence-corrected chi connectivity index (χ4v) is 3.29. The highest BCUT2D eigenvalue weighted by Crippen LogP contribution is 2.24. The minimum absolute atomic E-state index is 0.155. The Morgan fingerprint density at radius 1 is 1.30 bits per heavy atom. The van der Waals surface area contributed by atoms with E-state index in [1.807, 2.05) is 36.4 Å². The number of nitrogens with two attached hydrogens (primary N) is 1. The van der Waals surface area contributed by atoms with E-state index in [2.05, 4.69) is 18.0 Å². The quantitative estimate of drug-likeness (QED) is 0.560. The van der Waals surface area contributed by atoms with Gasteiger partial charge in [0.1, 0.15) is 6.04 Å². The van der Waals surface area contributed by atoms with Crippen LogP contribution < -0.4 is 16.8 Å². The van der Waals surface area contributed by atoms with Crippen LogP contribution in [-0.4, -0.2) is 22.6 Å². The molecular weight excluding hydrogens is 380 g/mol. The van der Waals surface area contributed by atoms with Gasteiger partial charge in [-0.1, -0.05) is 36.4 Å². The zero-order valence-electron chi connectivity index (χ0n) is 16.8. The summed E-state index contributed by atoms with van der Waals surface area (Å²) in [5.74, 6) is -0.640. The number of hydrogen-bond acceptors (Lipinski definition) is 5. The summed E-state index contributed by atoms with van der Waals surface area (Å²) in [6.07, 6.45) is 2.77. The van der Waals surface area contributed by atoms with Crippen LogP contribution in [0.3, 0.4) is 0 Å². The van der Waals surface area contributed by atoms with E-state index < -0.39 is 11.8 Å². The molecule has 0 aliphatic carbocycles. The third-order valence-corrected chi connectivity index (χ3v) is 4.93. The second-order valence-electron chi connectivity index (χ2n) is 7.25. The van der Waals surface area contributed by atoms with Crippen LogP contribution in [0.25, 0.3) is 22.2 Å². The molecule has 7 heteroatoms. The van der Waals surface area contributed by atoms with E-state index in [9.17, 15) is 14.9 Å². The lowest BCUT2D eigenvalue weighted by Crippen LogP contribution is -2.38. The second kappa shape index (κ2) is 9.25. The van der Waals surface area contributed by atoms with Gasteiger partial charge in [0, 0.05) is 25.9 Å². The molecule has 1 aromatic heterocycles. The fraction of sp³-hybridized carbons (Fsp3) is 0.261. The number of carbonyl (C=O) groups excluding carboxylic acids is 1.